The van der Waals surface area contributed by atoms with Crippen molar-refractivity contribution in [2.75, 3.05) is 68.7 Å². The van der Waals surface area contributed by atoms with Crippen molar-refractivity contribution in [1.82, 2.24) is 19.4 Å². The Bertz CT molecular complexity index is 1320. The highest BCUT2D eigenvalue weighted by Crippen LogP contribution is 2.32. The Balaban J connectivity index is 1.11. The summed E-state index contributed by atoms with van der Waals surface area (Å²) < 4.78 is 1.98. The molecule has 0 unspecified atom stereocenters. The number of rotatable bonds is 5. The molecule has 1 saturated carbocycles. The molecule has 0 N–H and O–H groups in total. The van der Waals surface area contributed by atoms with Gasteiger partial charge in [-0.3, -0.25) is 4.79 Å². The number of nitriles is 1. The third kappa shape index (κ3) is 5.33. The molecule has 3 fully saturated rings. The Labute approximate surface area is 231 Å². The first kappa shape index (κ1) is 25.7. The predicted octanol–water partition coefficient (Wildman–Crippen LogP) is 4.12. The Morgan fingerprint density at radius 1 is 0.897 bits per heavy atom. The van der Waals surface area contributed by atoms with Crippen molar-refractivity contribution in [3.8, 4) is 17.2 Å². The maximum absolute atomic E-state index is 13.1. The van der Waals surface area contributed by atoms with Crippen molar-refractivity contribution in [1.29, 1.82) is 5.26 Å². The summed E-state index contributed by atoms with van der Waals surface area (Å²) in [6.07, 6.45) is 7.41. The molecule has 0 radical (unpaired) electrons. The molecule has 3 aromatic rings. The van der Waals surface area contributed by atoms with E-state index in [1.807, 2.05) is 15.6 Å². The first-order chi connectivity index (χ1) is 19.1. The predicted molar refractivity (Wildman–Crippen MR) is 155 cm³/mol. The van der Waals surface area contributed by atoms with Gasteiger partial charge in [-0.05, 0) is 62.1 Å². The summed E-state index contributed by atoms with van der Waals surface area (Å²) in [6, 6.07) is 15.7. The Hall–Kier alpha value is -3.57. The molecule has 8 nitrogen and oxygen atoms in total. The first-order valence-electron chi connectivity index (χ1n) is 14.6. The summed E-state index contributed by atoms with van der Waals surface area (Å²) in [5.74, 6) is 0.507. The Kier molecular flexibility index (Phi) is 7.43. The average molecular weight is 526 g/mol. The van der Waals surface area contributed by atoms with E-state index >= 15 is 0 Å². The summed E-state index contributed by atoms with van der Waals surface area (Å²) in [5.41, 5.74) is 5.93. The van der Waals surface area contributed by atoms with Crippen LogP contribution in [0.5, 0.6) is 0 Å². The SMILES string of the molecule is CCN1CCN(c2ccc(-c3cc4c(N5CCN(C(=O)C6CCC(C#N)CC6)CC5)ccnn4c3)cc2)CC1. The lowest BCUT2D eigenvalue weighted by Gasteiger charge is -2.38. The quantitative estimate of drug-likeness (QED) is 0.499. The van der Waals surface area contributed by atoms with E-state index in [0.717, 1.165) is 90.1 Å². The number of likely N-dealkylation sites (N-methyl/N-ethyl adjacent to an activating group) is 1. The lowest BCUT2D eigenvalue weighted by molar-refractivity contribution is -0.137. The second kappa shape index (κ2) is 11.3. The third-order valence-corrected chi connectivity index (χ3v) is 9.06. The number of carbonyl (C=O) groups excluding carboxylic acids is 1. The van der Waals surface area contributed by atoms with Crippen LogP contribution in [-0.4, -0.2) is 84.2 Å². The van der Waals surface area contributed by atoms with Crippen molar-refractivity contribution >= 4 is 22.8 Å². The zero-order valence-corrected chi connectivity index (χ0v) is 23.0. The summed E-state index contributed by atoms with van der Waals surface area (Å²) in [6.45, 7) is 10.9. The summed E-state index contributed by atoms with van der Waals surface area (Å²) >= 11 is 0. The number of amides is 1. The van der Waals surface area contributed by atoms with Crippen molar-refractivity contribution < 1.29 is 4.79 Å². The van der Waals surface area contributed by atoms with Gasteiger partial charge >= 0.3 is 0 Å². The van der Waals surface area contributed by atoms with Gasteiger partial charge in [-0.1, -0.05) is 19.1 Å². The van der Waals surface area contributed by atoms with Gasteiger partial charge in [0.2, 0.25) is 5.91 Å². The highest BCUT2D eigenvalue weighted by molar-refractivity contribution is 5.81. The van der Waals surface area contributed by atoms with Gasteiger partial charge in [0, 0.05) is 87.8 Å². The minimum Gasteiger partial charge on any atom is -0.369 e. The molecule has 0 bridgehead atoms. The first-order valence-corrected chi connectivity index (χ1v) is 14.6. The van der Waals surface area contributed by atoms with Crippen LogP contribution in [0, 0.1) is 23.2 Å². The highest BCUT2D eigenvalue weighted by Gasteiger charge is 2.31. The van der Waals surface area contributed by atoms with Crippen LogP contribution < -0.4 is 9.80 Å². The van der Waals surface area contributed by atoms with Crippen molar-refractivity contribution in [3.05, 3.63) is 48.8 Å². The van der Waals surface area contributed by atoms with E-state index < -0.39 is 0 Å². The molecule has 1 aromatic carbocycles. The van der Waals surface area contributed by atoms with Crippen molar-refractivity contribution in [2.45, 2.75) is 32.6 Å². The summed E-state index contributed by atoms with van der Waals surface area (Å²) in [4.78, 5) is 22.5. The molecule has 1 amide bonds. The molecule has 0 atom stereocenters. The van der Waals surface area contributed by atoms with E-state index in [1.54, 1.807) is 0 Å². The Morgan fingerprint density at radius 2 is 1.59 bits per heavy atom. The largest absolute Gasteiger partial charge is 0.369 e. The minimum atomic E-state index is 0.0919. The van der Waals surface area contributed by atoms with E-state index in [1.165, 1.54) is 22.5 Å². The molecule has 1 aliphatic carbocycles. The molecular formula is C31H39N7O. The maximum atomic E-state index is 13.1. The fourth-order valence-corrected chi connectivity index (χ4v) is 6.51. The number of aromatic nitrogens is 2. The topological polar surface area (TPSA) is 71.1 Å². The number of hydrogen-bond donors (Lipinski definition) is 0. The lowest BCUT2D eigenvalue weighted by atomic mass is 9.82. The van der Waals surface area contributed by atoms with Gasteiger partial charge in [0.05, 0.1) is 17.3 Å². The van der Waals surface area contributed by atoms with Crippen LogP contribution in [0.1, 0.15) is 32.6 Å². The third-order valence-electron chi connectivity index (χ3n) is 9.06. The zero-order valence-electron chi connectivity index (χ0n) is 23.0. The molecule has 39 heavy (non-hydrogen) atoms. The number of hydrogen-bond acceptors (Lipinski definition) is 6. The molecule has 4 heterocycles. The minimum absolute atomic E-state index is 0.0919. The summed E-state index contributed by atoms with van der Waals surface area (Å²) in [7, 11) is 0. The van der Waals surface area contributed by atoms with Crippen molar-refractivity contribution in [3.63, 3.8) is 0 Å². The smallest absolute Gasteiger partial charge is 0.225 e. The van der Waals surface area contributed by atoms with Crippen LogP contribution in [0.4, 0.5) is 11.4 Å². The van der Waals surface area contributed by atoms with Crippen LogP contribution in [0.15, 0.2) is 48.8 Å². The van der Waals surface area contributed by atoms with Gasteiger partial charge in [0.15, 0.2) is 0 Å². The molecule has 8 heteroatoms. The molecule has 2 aromatic heterocycles. The number of piperazine rings is 2. The van der Waals surface area contributed by atoms with Crippen LogP contribution in [0.2, 0.25) is 0 Å². The van der Waals surface area contributed by atoms with E-state index in [0.29, 0.717) is 0 Å². The van der Waals surface area contributed by atoms with Crippen molar-refractivity contribution in [2.24, 2.45) is 11.8 Å². The normalized spacial score (nSPS) is 22.7. The molecular weight excluding hydrogens is 486 g/mol. The van der Waals surface area contributed by atoms with Gasteiger partial charge in [-0.2, -0.15) is 10.4 Å². The standard InChI is InChI=1S/C31H39N7O/c1-2-34-13-15-35(16-14-34)28-9-7-25(8-10-28)27-21-30-29(11-12-33-38(30)23-27)36-17-19-37(20-18-36)31(39)26-5-3-24(22-32)4-6-26/h7-12,21,23-24,26H,2-6,13-20H2,1H3. The van der Waals surface area contributed by atoms with Gasteiger partial charge in [0.25, 0.3) is 0 Å². The van der Waals surface area contributed by atoms with E-state index in [2.05, 4.69) is 75.4 Å². The molecule has 0 spiro atoms. The molecule has 2 saturated heterocycles. The Morgan fingerprint density at radius 3 is 2.26 bits per heavy atom. The van der Waals surface area contributed by atoms with Gasteiger partial charge in [0.1, 0.15) is 0 Å². The maximum Gasteiger partial charge on any atom is 0.225 e. The summed E-state index contributed by atoms with van der Waals surface area (Å²) in [5, 5.41) is 13.8. The number of carbonyl (C=O) groups is 1. The van der Waals surface area contributed by atoms with Gasteiger partial charge < -0.3 is 19.6 Å². The number of nitrogens with zero attached hydrogens (tertiary/aromatic N) is 7. The van der Waals surface area contributed by atoms with Crippen LogP contribution in [-0.2, 0) is 4.79 Å². The fraction of sp³-hybridized carbons (Fsp3) is 0.516. The number of benzene rings is 1. The number of anilines is 2. The lowest BCUT2D eigenvalue weighted by Crippen LogP contribution is -2.50. The molecule has 3 aliphatic rings. The molecule has 6 rings (SSSR count). The monoisotopic (exact) mass is 525 g/mol. The van der Waals surface area contributed by atoms with Gasteiger partial charge in [-0.15, -0.1) is 0 Å². The second-order valence-corrected chi connectivity index (χ2v) is 11.2. The van der Waals surface area contributed by atoms with E-state index in [-0.39, 0.29) is 17.7 Å². The highest BCUT2D eigenvalue weighted by atomic mass is 16.2. The number of fused-ring (bicyclic) bond motifs is 1. The van der Waals surface area contributed by atoms with Crippen LogP contribution >= 0.6 is 0 Å². The second-order valence-electron chi connectivity index (χ2n) is 11.2. The van der Waals surface area contributed by atoms with Crippen LogP contribution in [0.3, 0.4) is 0 Å². The van der Waals surface area contributed by atoms with E-state index in [4.69, 9.17) is 5.26 Å². The average Bonchev–Trinajstić information content (AvgIpc) is 3.46. The zero-order chi connectivity index (χ0) is 26.8. The molecule has 204 valence electrons. The van der Waals surface area contributed by atoms with Gasteiger partial charge in [-0.25, -0.2) is 4.52 Å². The fourth-order valence-electron chi connectivity index (χ4n) is 6.51. The van der Waals surface area contributed by atoms with E-state index in [9.17, 15) is 4.79 Å². The molecule has 2 aliphatic heterocycles. The van der Waals surface area contributed by atoms with Crippen LogP contribution in [0.25, 0.3) is 16.6 Å².